The van der Waals surface area contributed by atoms with Crippen LogP contribution in [0.5, 0.6) is 0 Å². The van der Waals surface area contributed by atoms with Gasteiger partial charge in [0.25, 0.3) is 0 Å². The molecule has 2 N–H and O–H groups in total. The van der Waals surface area contributed by atoms with Gasteiger partial charge in [0, 0.05) is 46.4 Å². The Hall–Kier alpha value is -1.59. The SMILES string of the molecule is CN=C(NCC(C)N(C)Cc1ccccc1)NCC1(CCOC)CCCC1. The van der Waals surface area contributed by atoms with Crippen LogP contribution in [0.15, 0.2) is 35.3 Å². The average molecular weight is 375 g/mol. The predicted molar refractivity (Wildman–Crippen MR) is 114 cm³/mol. The fourth-order valence-electron chi connectivity index (χ4n) is 3.88. The van der Waals surface area contributed by atoms with Gasteiger partial charge < -0.3 is 15.4 Å². The van der Waals surface area contributed by atoms with Crippen LogP contribution in [0.3, 0.4) is 0 Å². The molecule has 1 aliphatic carbocycles. The quantitative estimate of drug-likeness (QED) is 0.487. The second-order valence-corrected chi connectivity index (χ2v) is 8.01. The highest BCUT2D eigenvalue weighted by Crippen LogP contribution is 2.40. The van der Waals surface area contributed by atoms with Gasteiger partial charge in [-0.2, -0.15) is 0 Å². The van der Waals surface area contributed by atoms with Gasteiger partial charge in [-0.15, -0.1) is 0 Å². The van der Waals surface area contributed by atoms with Crippen molar-refractivity contribution in [2.45, 2.75) is 51.6 Å². The van der Waals surface area contributed by atoms with Crippen LogP contribution in [0.2, 0.25) is 0 Å². The number of ether oxygens (including phenoxy) is 1. The number of methoxy groups -OCH3 is 1. The third-order valence-corrected chi connectivity index (χ3v) is 5.95. The molecule has 0 heterocycles. The van der Waals surface area contributed by atoms with Gasteiger partial charge in [0.05, 0.1) is 0 Å². The zero-order valence-electron chi connectivity index (χ0n) is 17.6. The molecule has 0 aliphatic heterocycles. The lowest BCUT2D eigenvalue weighted by atomic mass is 9.83. The Kier molecular flexibility index (Phi) is 9.08. The zero-order chi connectivity index (χ0) is 19.5. The summed E-state index contributed by atoms with van der Waals surface area (Å²) < 4.78 is 5.34. The lowest BCUT2D eigenvalue weighted by Gasteiger charge is -2.30. The number of likely N-dealkylation sites (N-methyl/N-ethyl adjacent to an activating group) is 1. The molecule has 1 aromatic rings. The Morgan fingerprint density at radius 2 is 1.93 bits per heavy atom. The summed E-state index contributed by atoms with van der Waals surface area (Å²) in [5.41, 5.74) is 1.71. The van der Waals surface area contributed by atoms with E-state index < -0.39 is 0 Å². The molecule has 0 saturated heterocycles. The molecule has 5 heteroatoms. The predicted octanol–water partition coefficient (Wildman–Crippen LogP) is 3.27. The van der Waals surface area contributed by atoms with E-state index in [2.05, 4.69) is 64.8 Å². The first-order valence-corrected chi connectivity index (χ1v) is 10.3. The molecule has 0 radical (unpaired) electrons. The summed E-state index contributed by atoms with van der Waals surface area (Å²) in [6.07, 6.45) is 6.37. The number of nitrogens with zero attached hydrogens (tertiary/aromatic N) is 2. The fraction of sp³-hybridized carbons (Fsp3) is 0.682. The van der Waals surface area contributed by atoms with E-state index in [-0.39, 0.29) is 0 Å². The summed E-state index contributed by atoms with van der Waals surface area (Å²) in [5, 5.41) is 7.07. The Labute approximate surface area is 165 Å². The molecule has 5 nitrogen and oxygen atoms in total. The molecule has 1 fully saturated rings. The fourth-order valence-corrected chi connectivity index (χ4v) is 3.88. The van der Waals surface area contributed by atoms with E-state index in [0.717, 1.165) is 38.6 Å². The Morgan fingerprint density at radius 1 is 1.22 bits per heavy atom. The third kappa shape index (κ3) is 7.15. The minimum atomic E-state index is 0.364. The van der Waals surface area contributed by atoms with Crippen molar-refractivity contribution < 1.29 is 4.74 Å². The van der Waals surface area contributed by atoms with Gasteiger partial charge in [-0.1, -0.05) is 43.2 Å². The first-order valence-electron chi connectivity index (χ1n) is 10.3. The number of guanidine groups is 1. The highest BCUT2D eigenvalue weighted by Gasteiger charge is 2.33. The monoisotopic (exact) mass is 374 g/mol. The van der Waals surface area contributed by atoms with Crippen LogP contribution in [-0.2, 0) is 11.3 Å². The van der Waals surface area contributed by atoms with Crippen LogP contribution >= 0.6 is 0 Å². The maximum Gasteiger partial charge on any atom is 0.191 e. The summed E-state index contributed by atoms with van der Waals surface area (Å²) in [5.74, 6) is 0.902. The van der Waals surface area contributed by atoms with E-state index in [9.17, 15) is 0 Å². The minimum Gasteiger partial charge on any atom is -0.385 e. The standard InChI is InChI=1S/C22H38N4O/c1-19(26(3)17-20-10-6-5-7-11-20)16-24-21(23-2)25-18-22(14-15-27-4)12-8-9-13-22/h5-7,10-11,19H,8-9,12-18H2,1-4H3,(H2,23,24,25). The van der Waals surface area contributed by atoms with E-state index in [0.29, 0.717) is 11.5 Å². The van der Waals surface area contributed by atoms with Crippen LogP contribution in [0.25, 0.3) is 0 Å². The lowest BCUT2D eigenvalue weighted by molar-refractivity contribution is 0.138. The van der Waals surface area contributed by atoms with Crippen molar-refractivity contribution in [2.75, 3.05) is 40.9 Å². The van der Waals surface area contributed by atoms with Crippen LogP contribution in [0.1, 0.15) is 44.6 Å². The van der Waals surface area contributed by atoms with Gasteiger partial charge in [-0.3, -0.25) is 9.89 Å². The topological polar surface area (TPSA) is 48.9 Å². The van der Waals surface area contributed by atoms with E-state index in [1.54, 1.807) is 7.11 Å². The Balaban J connectivity index is 1.77. The summed E-state index contributed by atoms with van der Waals surface area (Å²) in [6.45, 7) is 5.89. The normalized spacial score (nSPS) is 17.9. The molecule has 0 aromatic heterocycles. The Bertz CT molecular complexity index is 555. The summed E-state index contributed by atoms with van der Waals surface area (Å²) in [7, 11) is 5.82. The van der Waals surface area contributed by atoms with Gasteiger partial charge in [0.2, 0.25) is 0 Å². The first-order chi connectivity index (χ1) is 13.1. The molecule has 0 spiro atoms. The number of rotatable bonds is 10. The molecule has 0 amide bonds. The molecular formula is C22H38N4O. The number of nitrogens with one attached hydrogen (secondary N) is 2. The zero-order valence-corrected chi connectivity index (χ0v) is 17.6. The maximum atomic E-state index is 5.34. The number of benzene rings is 1. The van der Waals surface area contributed by atoms with Gasteiger partial charge in [0.15, 0.2) is 5.96 Å². The van der Waals surface area contributed by atoms with E-state index in [4.69, 9.17) is 4.74 Å². The van der Waals surface area contributed by atoms with Gasteiger partial charge in [-0.25, -0.2) is 0 Å². The molecule has 1 atom stereocenters. The Morgan fingerprint density at radius 3 is 2.56 bits per heavy atom. The number of hydrogen-bond acceptors (Lipinski definition) is 3. The molecular weight excluding hydrogens is 336 g/mol. The maximum absolute atomic E-state index is 5.34. The largest absolute Gasteiger partial charge is 0.385 e. The first kappa shape index (κ1) is 21.7. The summed E-state index contributed by atoms with van der Waals surface area (Å²) in [4.78, 5) is 6.79. The van der Waals surface area contributed by atoms with Gasteiger partial charge in [-0.05, 0) is 44.2 Å². The highest BCUT2D eigenvalue weighted by molar-refractivity contribution is 5.79. The number of hydrogen-bond donors (Lipinski definition) is 2. The molecule has 1 unspecified atom stereocenters. The summed E-state index contributed by atoms with van der Waals surface area (Å²) >= 11 is 0. The minimum absolute atomic E-state index is 0.364. The van der Waals surface area contributed by atoms with Crippen LogP contribution in [-0.4, -0.2) is 57.8 Å². The van der Waals surface area contributed by atoms with E-state index >= 15 is 0 Å². The van der Waals surface area contributed by atoms with Crippen molar-refractivity contribution in [2.24, 2.45) is 10.4 Å². The van der Waals surface area contributed by atoms with Crippen molar-refractivity contribution in [3.63, 3.8) is 0 Å². The average Bonchev–Trinajstić information content (AvgIpc) is 3.16. The van der Waals surface area contributed by atoms with Crippen molar-refractivity contribution in [3.8, 4) is 0 Å². The molecule has 2 rings (SSSR count). The molecule has 152 valence electrons. The molecule has 1 aromatic carbocycles. The van der Waals surface area contributed by atoms with Crippen LogP contribution in [0.4, 0.5) is 0 Å². The molecule has 1 aliphatic rings. The van der Waals surface area contributed by atoms with Crippen LogP contribution < -0.4 is 10.6 Å². The van der Waals surface area contributed by atoms with Crippen molar-refractivity contribution in [1.29, 1.82) is 0 Å². The van der Waals surface area contributed by atoms with Crippen molar-refractivity contribution in [1.82, 2.24) is 15.5 Å². The second-order valence-electron chi connectivity index (χ2n) is 8.01. The van der Waals surface area contributed by atoms with Gasteiger partial charge in [0.1, 0.15) is 0 Å². The van der Waals surface area contributed by atoms with Crippen molar-refractivity contribution >= 4 is 5.96 Å². The summed E-state index contributed by atoms with van der Waals surface area (Å²) in [6, 6.07) is 11.0. The van der Waals surface area contributed by atoms with E-state index in [1.807, 2.05) is 7.05 Å². The lowest BCUT2D eigenvalue weighted by Crippen LogP contribution is -2.47. The molecule has 1 saturated carbocycles. The third-order valence-electron chi connectivity index (χ3n) is 5.95. The second kappa shape index (κ2) is 11.3. The number of aliphatic imine (C=N–C) groups is 1. The smallest absolute Gasteiger partial charge is 0.191 e. The molecule has 0 bridgehead atoms. The van der Waals surface area contributed by atoms with E-state index in [1.165, 1.54) is 31.2 Å². The van der Waals surface area contributed by atoms with Crippen molar-refractivity contribution in [3.05, 3.63) is 35.9 Å². The molecule has 27 heavy (non-hydrogen) atoms. The van der Waals surface area contributed by atoms with Gasteiger partial charge >= 0.3 is 0 Å². The highest BCUT2D eigenvalue weighted by atomic mass is 16.5. The van der Waals surface area contributed by atoms with Crippen LogP contribution in [0, 0.1) is 5.41 Å².